The Morgan fingerprint density at radius 3 is 2.70 bits per heavy atom. The molecule has 3 nitrogen and oxygen atoms in total. The van der Waals surface area contributed by atoms with Gasteiger partial charge in [0.2, 0.25) is 5.71 Å². The van der Waals surface area contributed by atoms with Gasteiger partial charge in [0.25, 0.3) is 0 Å². The van der Waals surface area contributed by atoms with Crippen molar-refractivity contribution in [2.24, 2.45) is 0 Å². The van der Waals surface area contributed by atoms with Crippen molar-refractivity contribution in [3.63, 3.8) is 0 Å². The standard InChI is InChI=1S/C24H22N2O/c1-13-8-10-17-18-11-9-14(2)25-24(18)27-23(17)21(13)22-15(3)26-12-19(22)16-6-4-5-7-20(16)26/h4-11,15,19,22H,12H2,1-3H3. The highest BCUT2D eigenvalue weighted by atomic mass is 16.3. The lowest BCUT2D eigenvalue weighted by molar-refractivity contribution is 0.555. The number of aryl methyl sites for hydroxylation is 2. The van der Waals surface area contributed by atoms with Crippen molar-refractivity contribution >= 4 is 27.8 Å². The Bertz CT molecular complexity index is 1220. The highest BCUT2D eigenvalue weighted by molar-refractivity contribution is 6.05. The van der Waals surface area contributed by atoms with Crippen molar-refractivity contribution in [2.75, 3.05) is 11.4 Å². The maximum absolute atomic E-state index is 6.37. The molecule has 0 spiro atoms. The molecule has 0 radical (unpaired) electrons. The third kappa shape index (κ3) is 1.89. The molecule has 4 heterocycles. The van der Waals surface area contributed by atoms with Crippen LogP contribution in [0.4, 0.5) is 5.69 Å². The molecule has 0 saturated carbocycles. The van der Waals surface area contributed by atoms with Gasteiger partial charge in [0.1, 0.15) is 5.58 Å². The number of fused-ring (bicyclic) bond motifs is 8. The van der Waals surface area contributed by atoms with Gasteiger partial charge < -0.3 is 9.32 Å². The Balaban J connectivity index is 1.62. The smallest absolute Gasteiger partial charge is 0.227 e. The van der Waals surface area contributed by atoms with Crippen LogP contribution in [-0.4, -0.2) is 17.6 Å². The average Bonchev–Trinajstić information content (AvgIpc) is 3.31. The van der Waals surface area contributed by atoms with Gasteiger partial charge in [-0.1, -0.05) is 30.3 Å². The van der Waals surface area contributed by atoms with E-state index in [9.17, 15) is 0 Å². The molecule has 2 aromatic carbocycles. The van der Waals surface area contributed by atoms with E-state index in [0.717, 1.165) is 28.9 Å². The SMILES string of the molecule is Cc1ccc2c(n1)oc1c(C3C4CN(c5ccccc54)C3C)c(C)ccc12. The number of para-hydroxylation sites is 1. The molecule has 0 amide bonds. The Labute approximate surface area is 158 Å². The molecule has 2 aliphatic rings. The second kappa shape index (κ2) is 5.13. The van der Waals surface area contributed by atoms with Gasteiger partial charge in [-0.15, -0.1) is 0 Å². The van der Waals surface area contributed by atoms with Crippen LogP contribution < -0.4 is 4.90 Å². The highest BCUT2D eigenvalue weighted by Crippen LogP contribution is 2.55. The van der Waals surface area contributed by atoms with Crippen LogP contribution in [0.3, 0.4) is 0 Å². The van der Waals surface area contributed by atoms with Crippen LogP contribution in [0.5, 0.6) is 0 Å². The normalized spacial score (nSPS) is 23.5. The molecule has 0 aliphatic carbocycles. The number of aromatic nitrogens is 1. The largest absolute Gasteiger partial charge is 0.437 e. The van der Waals surface area contributed by atoms with Gasteiger partial charge in [-0.05, 0) is 50.1 Å². The van der Waals surface area contributed by atoms with Crippen LogP contribution >= 0.6 is 0 Å². The van der Waals surface area contributed by atoms with Crippen LogP contribution in [0.15, 0.2) is 52.9 Å². The molecule has 4 aromatic rings. The number of anilines is 1. The zero-order valence-corrected chi connectivity index (χ0v) is 15.9. The number of hydrogen-bond donors (Lipinski definition) is 0. The van der Waals surface area contributed by atoms with Crippen LogP contribution in [0, 0.1) is 13.8 Å². The van der Waals surface area contributed by atoms with E-state index in [4.69, 9.17) is 4.42 Å². The third-order valence-corrected chi connectivity index (χ3v) is 6.72. The number of furan rings is 1. The summed E-state index contributed by atoms with van der Waals surface area (Å²) in [6, 6.07) is 18.0. The molecule has 2 bridgehead atoms. The molecule has 6 rings (SSSR count). The minimum atomic E-state index is 0.449. The number of hydrogen-bond acceptors (Lipinski definition) is 3. The molecule has 0 N–H and O–H groups in total. The maximum Gasteiger partial charge on any atom is 0.227 e. The molecule has 1 saturated heterocycles. The first-order valence-electron chi connectivity index (χ1n) is 9.78. The Morgan fingerprint density at radius 1 is 1.00 bits per heavy atom. The summed E-state index contributed by atoms with van der Waals surface area (Å²) in [5.74, 6) is 0.980. The minimum Gasteiger partial charge on any atom is -0.437 e. The van der Waals surface area contributed by atoms with Gasteiger partial charge >= 0.3 is 0 Å². The summed E-state index contributed by atoms with van der Waals surface area (Å²) in [4.78, 5) is 7.21. The predicted molar refractivity (Wildman–Crippen MR) is 110 cm³/mol. The zero-order chi connectivity index (χ0) is 18.3. The summed E-state index contributed by atoms with van der Waals surface area (Å²) >= 11 is 0. The van der Waals surface area contributed by atoms with Gasteiger partial charge in [0.15, 0.2) is 0 Å². The van der Waals surface area contributed by atoms with Crippen LogP contribution in [0.2, 0.25) is 0 Å². The van der Waals surface area contributed by atoms with Gasteiger partial charge in [-0.25, -0.2) is 4.98 Å². The Kier molecular flexibility index (Phi) is 2.90. The summed E-state index contributed by atoms with van der Waals surface area (Å²) < 4.78 is 6.37. The first-order chi connectivity index (χ1) is 13.1. The van der Waals surface area contributed by atoms with Crippen molar-refractivity contribution in [1.82, 2.24) is 4.98 Å². The molecule has 2 aromatic heterocycles. The lowest BCUT2D eigenvalue weighted by Gasteiger charge is -2.33. The van der Waals surface area contributed by atoms with E-state index in [1.54, 1.807) is 0 Å². The quantitative estimate of drug-likeness (QED) is 0.440. The summed E-state index contributed by atoms with van der Waals surface area (Å²) in [7, 11) is 0. The lowest BCUT2D eigenvalue weighted by Crippen LogP contribution is -2.31. The second-order valence-electron chi connectivity index (χ2n) is 8.16. The van der Waals surface area contributed by atoms with Gasteiger partial charge in [-0.2, -0.15) is 0 Å². The summed E-state index contributed by atoms with van der Waals surface area (Å²) in [5, 5.41) is 2.31. The van der Waals surface area contributed by atoms with Gasteiger partial charge in [0, 0.05) is 52.1 Å². The van der Waals surface area contributed by atoms with Crippen molar-refractivity contribution in [1.29, 1.82) is 0 Å². The fraction of sp³-hybridized carbons (Fsp3) is 0.292. The summed E-state index contributed by atoms with van der Waals surface area (Å²) in [6.45, 7) is 7.71. The van der Waals surface area contributed by atoms with E-state index in [0.29, 0.717) is 17.9 Å². The third-order valence-electron chi connectivity index (χ3n) is 6.72. The molecule has 2 aliphatic heterocycles. The number of benzene rings is 2. The molecule has 3 atom stereocenters. The van der Waals surface area contributed by atoms with Crippen LogP contribution in [0.1, 0.15) is 41.1 Å². The minimum absolute atomic E-state index is 0.449. The van der Waals surface area contributed by atoms with E-state index >= 15 is 0 Å². The monoisotopic (exact) mass is 354 g/mol. The molecule has 27 heavy (non-hydrogen) atoms. The zero-order valence-electron chi connectivity index (χ0n) is 15.9. The van der Waals surface area contributed by atoms with Crippen molar-refractivity contribution in [2.45, 2.75) is 38.6 Å². The summed E-state index contributed by atoms with van der Waals surface area (Å²) in [6.07, 6.45) is 0. The number of nitrogens with zero attached hydrogens (tertiary/aromatic N) is 2. The molecular formula is C24H22N2O. The van der Waals surface area contributed by atoms with Crippen molar-refractivity contribution in [3.05, 3.63) is 70.9 Å². The van der Waals surface area contributed by atoms with Gasteiger partial charge in [-0.3, -0.25) is 0 Å². The van der Waals surface area contributed by atoms with E-state index in [1.165, 1.54) is 27.8 Å². The van der Waals surface area contributed by atoms with Gasteiger partial charge in [0.05, 0.1) is 0 Å². The fourth-order valence-electron chi connectivity index (χ4n) is 5.48. The topological polar surface area (TPSA) is 29.3 Å². The average molecular weight is 354 g/mol. The van der Waals surface area contributed by atoms with E-state index in [1.807, 2.05) is 6.92 Å². The molecule has 1 fully saturated rings. The number of pyridine rings is 1. The van der Waals surface area contributed by atoms with Crippen molar-refractivity contribution < 1.29 is 4.42 Å². The lowest BCUT2D eigenvalue weighted by atomic mass is 9.77. The van der Waals surface area contributed by atoms with E-state index in [2.05, 4.69) is 72.3 Å². The van der Waals surface area contributed by atoms with E-state index in [-0.39, 0.29) is 0 Å². The van der Waals surface area contributed by atoms with Crippen molar-refractivity contribution in [3.8, 4) is 0 Å². The van der Waals surface area contributed by atoms with E-state index < -0.39 is 0 Å². The first-order valence-corrected chi connectivity index (χ1v) is 9.78. The molecule has 134 valence electrons. The first kappa shape index (κ1) is 15.3. The molecule has 3 heteroatoms. The molecule has 3 unspecified atom stereocenters. The molecular weight excluding hydrogens is 332 g/mol. The summed E-state index contributed by atoms with van der Waals surface area (Å²) in [5.41, 5.74) is 8.38. The highest BCUT2D eigenvalue weighted by Gasteiger charge is 2.48. The maximum atomic E-state index is 6.37. The second-order valence-corrected chi connectivity index (χ2v) is 8.16. The fourth-order valence-corrected chi connectivity index (χ4v) is 5.48. The van der Waals surface area contributed by atoms with Crippen LogP contribution in [-0.2, 0) is 0 Å². The Hall–Kier alpha value is -2.81. The van der Waals surface area contributed by atoms with Crippen LogP contribution in [0.25, 0.3) is 22.1 Å². The number of rotatable bonds is 1. The predicted octanol–water partition coefficient (Wildman–Crippen LogP) is 5.69. The Morgan fingerprint density at radius 2 is 1.81 bits per heavy atom.